The van der Waals surface area contributed by atoms with Crippen LogP contribution in [0.25, 0.3) is 33.4 Å². The molecule has 0 radical (unpaired) electrons. The topological polar surface area (TPSA) is 94.6 Å². The lowest BCUT2D eigenvalue weighted by Gasteiger charge is -2.18. The highest BCUT2D eigenvalue weighted by Crippen LogP contribution is 2.42. The Morgan fingerprint density at radius 1 is 0.944 bits per heavy atom. The molecule has 0 saturated carbocycles. The van der Waals surface area contributed by atoms with Crippen LogP contribution in [-0.2, 0) is 4.79 Å². The first-order valence-corrected chi connectivity index (χ1v) is 13.5. The number of benzene rings is 3. The zero-order valence-electron chi connectivity index (χ0n) is 20.5. The van der Waals surface area contributed by atoms with E-state index in [-0.39, 0.29) is 15.9 Å². The van der Waals surface area contributed by atoms with E-state index in [0.717, 1.165) is 47.2 Å². The monoisotopic (exact) mass is 598 g/mol. The fourth-order valence-corrected chi connectivity index (χ4v) is 4.67. The van der Waals surface area contributed by atoms with Crippen LogP contribution in [0.2, 0.25) is 0 Å². The standard InChI is InChI=1S/C28H28IN3O4/c1-4-30-17-7-11-21-24(14-17)36-25-15-19(32(5-2)6-3)9-12-22(25)27(21)20-10-8-18(31-26(33)16-29)13-23(20)28(34)35/h7-15H,4-6,16H2,1-3H3,(H2,30,31,33,34,35)/p+1. The number of fused-ring (bicyclic) bond motifs is 2. The first kappa shape index (κ1) is 25.7. The molecule has 0 spiro atoms. The van der Waals surface area contributed by atoms with E-state index >= 15 is 0 Å². The molecule has 0 atom stereocenters. The summed E-state index contributed by atoms with van der Waals surface area (Å²) in [4.78, 5) is 24.3. The van der Waals surface area contributed by atoms with E-state index in [2.05, 4.69) is 29.1 Å². The van der Waals surface area contributed by atoms with Gasteiger partial charge in [-0.3, -0.25) is 4.79 Å². The number of aromatic carboxylic acids is 1. The molecule has 4 rings (SSSR count). The molecule has 2 aliphatic rings. The SMILES string of the molecule is CCNc1ccc2c(-c3ccc(NC(=O)CI)cc3C(=O)O)c3ccc(=[N+](CC)CC)cc-3oc2c1. The summed E-state index contributed by atoms with van der Waals surface area (Å²) >= 11 is 1.97. The van der Waals surface area contributed by atoms with Crippen LogP contribution in [0.4, 0.5) is 11.4 Å². The number of hydrogen-bond donors (Lipinski definition) is 3. The molecule has 0 saturated heterocycles. The number of anilines is 2. The van der Waals surface area contributed by atoms with Gasteiger partial charge in [0.2, 0.25) is 11.3 Å². The minimum atomic E-state index is -1.07. The third-order valence-corrected chi connectivity index (χ3v) is 6.83. The number of hydrogen-bond acceptors (Lipinski definition) is 4. The van der Waals surface area contributed by atoms with E-state index < -0.39 is 5.97 Å². The summed E-state index contributed by atoms with van der Waals surface area (Å²) in [7, 11) is 0. The van der Waals surface area contributed by atoms with Gasteiger partial charge in [0.15, 0.2) is 0 Å². The lowest BCUT2D eigenvalue weighted by atomic mass is 9.90. The first-order chi connectivity index (χ1) is 17.4. The third kappa shape index (κ3) is 5.09. The summed E-state index contributed by atoms with van der Waals surface area (Å²) in [5.74, 6) is -0.579. The molecule has 2 aromatic carbocycles. The molecule has 0 fully saturated rings. The summed E-state index contributed by atoms with van der Waals surface area (Å²) in [6.45, 7) is 8.74. The van der Waals surface area contributed by atoms with E-state index in [4.69, 9.17) is 4.42 Å². The maximum atomic E-state index is 12.4. The summed E-state index contributed by atoms with van der Waals surface area (Å²) in [5.41, 5.74) is 4.31. The molecular weight excluding hydrogens is 569 g/mol. The fourth-order valence-electron chi connectivity index (χ4n) is 4.48. The largest absolute Gasteiger partial charge is 0.478 e. The fraction of sp³-hybridized carbons (Fsp3) is 0.250. The molecule has 8 heteroatoms. The van der Waals surface area contributed by atoms with Crippen LogP contribution in [0, 0.1) is 0 Å². The summed E-state index contributed by atoms with van der Waals surface area (Å²) < 4.78 is 8.91. The second kappa shape index (κ2) is 11.1. The Morgan fingerprint density at radius 2 is 1.67 bits per heavy atom. The van der Waals surface area contributed by atoms with Gasteiger partial charge in [-0.25, -0.2) is 9.37 Å². The lowest BCUT2D eigenvalue weighted by Crippen LogP contribution is -2.29. The average Bonchev–Trinajstić information content (AvgIpc) is 2.88. The minimum Gasteiger partial charge on any atom is -0.478 e. The number of rotatable bonds is 8. The normalized spacial score (nSPS) is 11.0. The molecule has 2 aromatic rings. The van der Waals surface area contributed by atoms with Gasteiger partial charge in [0.1, 0.15) is 24.4 Å². The van der Waals surface area contributed by atoms with Gasteiger partial charge in [-0.05, 0) is 56.7 Å². The highest BCUT2D eigenvalue weighted by Gasteiger charge is 2.23. The summed E-state index contributed by atoms with van der Waals surface area (Å²) in [6, 6.07) is 16.9. The number of alkyl halides is 1. The van der Waals surface area contributed by atoms with Crippen molar-refractivity contribution in [1.82, 2.24) is 4.58 Å². The third-order valence-electron chi connectivity index (χ3n) is 6.14. The van der Waals surface area contributed by atoms with Gasteiger partial charge in [-0.2, -0.15) is 0 Å². The Kier molecular flexibility index (Phi) is 7.93. The Morgan fingerprint density at radius 3 is 2.33 bits per heavy atom. The molecule has 1 aliphatic carbocycles. The van der Waals surface area contributed by atoms with E-state index in [9.17, 15) is 14.7 Å². The molecule has 7 nitrogen and oxygen atoms in total. The van der Waals surface area contributed by atoms with Gasteiger partial charge in [0.25, 0.3) is 0 Å². The van der Waals surface area contributed by atoms with E-state index in [1.165, 1.54) is 6.07 Å². The number of halogens is 1. The van der Waals surface area contributed by atoms with Crippen molar-refractivity contribution < 1.29 is 19.1 Å². The number of carbonyl (C=O) groups excluding carboxylic acids is 1. The van der Waals surface area contributed by atoms with E-state index in [0.29, 0.717) is 22.6 Å². The van der Waals surface area contributed by atoms with Crippen LogP contribution < -0.4 is 20.6 Å². The zero-order chi connectivity index (χ0) is 25.8. The number of nitrogens with one attached hydrogen (secondary N) is 2. The predicted octanol–water partition coefficient (Wildman–Crippen LogP) is 5.52. The van der Waals surface area contributed by atoms with E-state index in [1.807, 2.05) is 65.9 Å². The Bertz CT molecular complexity index is 1490. The average molecular weight is 598 g/mol. The second-order valence-electron chi connectivity index (χ2n) is 8.32. The van der Waals surface area contributed by atoms with Crippen molar-refractivity contribution in [1.29, 1.82) is 0 Å². The van der Waals surface area contributed by atoms with Crippen LogP contribution in [0.3, 0.4) is 0 Å². The highest BCUT2D eigenvalue weighted by molar-refractivity contribution is 14.1. The molecule has 1 aliphatic heterocycles. The Labute approximate surface area is 223 Å². The van der Waals surface area contributed by atoms with Crippen LogP contribution >= 0.6 is 22.6 Å². The summed E-state index contributed by atoms with van der Waals surface area (Å²) in [5, 5.41) is 18.0. The molecule has 3 N–H and O–H groups in total. The van der Waals surface area contributed by atoms with Gasteiger partial charge in [0, 0.05) is 46.6 Å². The van der Waals surface area contributed by atoms with Crippen molar-refractivity contribution in [3.8, 4) is 22.5 Å². The molecule has 1 amide bonds. The number of carboxylic acid groups (broad SMARTS) is 1. The quantitative estimate of drug-likeness (QED) is 0.108. The molecule has 0 bridgehead atoms. The Balaban J connectivity index is 2.07. The van der Waals surface area contributed by atoms with Crippen molar-refractivity contribution in [2.24, 2.45) is 0 Å². The molecule has 1 heterocycles. The van der Waals surface area contributed by atoms with Crippen LogP contribution in [0.15, 0.2) is 59.0 Å². The zero-order valence-corrected chi connectivity index (χ0v) is 22.7. The van der Waals surface area contributed by atoms with Gasteiger partial charge < -0.3 is 20.2 Å². The molecular formula is C28H29IN3O4+. The maximum absolute atomic E-state index is 12.4. The van der Waals surface area contributed by atoms with Crippen LogP contribution in [0.5, 0.6) is 0 Å². The molecule has 0 unspecified atom stereocenters. The predicted molar refractivity (Wildman–Crippen MR) is 153 cm³/mol. The minimum absolute atomic E-state index is 0.110. The maximum Gasteiger partial charge on any atom is 0.336 e. The van der Waals surface area contributed by atoms with Gasteiger partial charge in [-0.15, -0.1) is 0 Å². The smallest absolute Gasteiger partial charge is 0.336 e. The molecule has 0 aromatic heterocycles. The van der Waals surface area contributed by atoms with Gasteiger partial charge in [0.05, 0.1) is 16.1 Å². The van der Waals surface area contributed by atoms with Gasteiger partial charge in [-0.1, -0.05) is 28.7 Å². The van der Waals surface area contributed by atoms with Crippen molar-refractivity contribution in [3.63, 3.8) is 0 Å². The first-order valence-electron chi connectivity index (χ1n) is 12.0. The van der Waals surface area contributed by atoms with Crippen molar-refractivity contribution in [2.75, 3.05) is 34.7 Å². The number of carbonyl (C=O) groups is 2. The lowest BCUT2D eigenvalue weighted by molar-refractivity contribution is -0.113. The Hall–Kier alpha value is -3.40. The van der Waals surface area contributed by atoms with Crippen molar-refractivity contribution >= 4 is 56.8 Å². The molecule has 186 valence electrons. The van der Waals surface area contributed by atoms with Crippen molar-refractivity contribution in [3.05, 3.63) is 65.5 Å². The summed E-state index contributed by atoms with van der Waals surface area (Å²) in [6.07, 6.45) is 0. The van der Waals surface area contributed by atoms with E-state index in [1.54, 1.807) is 12.1 Å². The number of amides is 1. The second-order valence-corrected chi connectivity index (χ2v) is 9.08. The molecule has 36 heavy (non-hydrogen) atoms. The van der Waals surface area contributed by atoms with Crippen LogP contribution in [-0.4, -0.2) is 41.0 Å². The highest BCUT2D eigenvalue weighted by atomic mass is 127. The number of carboxylic acids is 1. The van der Waals surface area contributed by atoms with Crippen molar-refractivity contribution in [2.45, 2.75) is 20.8 Å². The van der Waals surface area contributed by atoms with Crippen LogP contribution in [0.1, 0.15) is 31.1 Å². The number of nitrogens with zero attached hydrogens (tertiary/aromatic N) is 1. The van der Waals surface area contributed by atoms with Gasteiger partial charge >= 0.3 is 5.97 Å².